The molecule has 4 heteroatoms. The molecule has 0 saturated carbocycles. The molecule has 90 valence electrons. The SMILES string of the molecule is CCOc1c(-c2cc(OC)ccc2OC)c1=O. The molecule has 0 saturated heterocycles. The van der Waals surface area contributed by atoms with Crippen molar-refractivity contribution in [3.8, 4) is 28.4 Å². The molecule has 0 fully saturated rings. The van der Waals surface area contributed by atoms with Crippen molar-refractivity contribution in [2.24, 2.45) is 0 Å². The Morgan fingerprint density at radius 3 is 2.53 bits per heavy atom. The average molecular weight is 234 g/mol. The third-order valence-electron chi connectivity index (χ3n) is 2.56. The van der Waals surface area contributed by atoms with E-state index < -0.39 is 0 Å². The smallest absolute Gasteiger partial charge is 0.232 e. The summed E-state index contributed by atoms with van der Waals surface area (Å²) >= 11 is 0. The lowest BCUT2D eigenvalue weighted by molar-refractivity contribution is 0.349. The van der Waals surface area contributed by atoms with Crippen LogP contribution in [0.2, 0.25) is 0 Å². The summed E-state index contributed by atoms with van der Waals surface area (Å²) in [5, 5.41) is 0. The molecule has 0 amide bonds. The van der Waals surface area contributed by atoms with Crippen LogP contribution in [-0.4, -0.2) is 20.8 Å². The molecule has 0 aromatic heterocycles. The molecule has 0 radical (unpaired) electrons. The van der Waals surface area contributed by atoms with E-state index in [2.05, 4.69) is 0 Å². The van der Waals surface area contributed by atoms with Crippen LogP contribution < -0.4 is 19.6 Å². The first-order chi connectivity index (χ1) is 8.22. The Labute approximate surface area is 99.4 Å². The van der Waals surface area contributed by atoms with E-state index in [1.165, 1.54) is 0 Å². The van der Waals surface area contributed by atoms with Crippen LogP contribution >= 0.6 is 0 Å². The summed E-state index contributed by atoms with van der Waals surface area (Å²) < 4.78 is 15.6. The van der Waals surface area contributed by atoms with E-state index in [9.17, 15) is 4.79 Å². The van der Waals surface area contributed by atoms with Gasteiger partial charge in [-0.25, -0.2) is 0 Å². The second-order valence-electron chi connectivity index (χ2n) is 3.53. The van der Waals surface area contributed by atoms with Crippen molar-refractivity contribution in [3.05, 3.63) is 28.4 Å². The van der Waals surface area contributed by atoms with Crippen LogP contribution in [-0.2, 0) is 0 Å². The van der Waals surface area contributed by atoms with Crippen molar-refractivity contribution in [2.45, 2.75) is 6.92 Å². The highest BCUT2D eigenvalue weighted by Crippen LogP contribution is 2.40. The molecule has 2 aromatic carbocycles. The summed E-state index contributed by atoms with van der Waals surface area (Å²) in [6, 6.07) is 5.34. The fraction of sp³-hybridized carbons (Fsp3) is 0.308. The van der Waals surface area contributed by atoms with Crippen molar-refractivity contribution < 1.29 is 14.2 Å². The first-order valence-corrected chi connectivity index (χ1v) is 5.37. The average Bonchev–Trinajstić information content (AvgIpc) is 2.99. The summed E-state index contributed by atoms with van der Waals surface area (Å²) in [5.41, 5.74) is 1.25. The van der Waals surface area contributed by atoms with Crippen molar-refractivity contribution in [2.75, 3.05) is 20.8 Å². The van der Waals surface area contributed by atoms with Gasteiger partial charge in [-0.15, -0.1) is 0 Å². The fourth-order valence-corrected chi connectivity index (χ4v) is 1.69. The minimum Gasteiger partial charge on any atom is -0.497 e. The van der Waals surface area contributed by atoms with Crippen LogP contribution in [0.5, 0.6) is 17.2 Å². The maximum atomic E-state index is 11.6. The minimum absolute atomic E-state index is 0.0570. The molecular weight excluding hydrogens is 220 g/mol. The van der Waals surface area contributed by atoms with Gasteiger partial charge in [0.2, 0.25) is 5.43 Å². The molecule has 4 nitrogen and oxygen atoms in total. The lowest BCUT2D eigenvalue weighted by Gasteiger charge is -2.07. The zero-order chi connectivity index (χ0) is 12.4. The highest BCUT2D eigenvalue weighted by molar-refractivity contribution is 5.85. The maximum absolute atomic E-state index is 11.6. The standard InChI is InChI=1S/C13H14O4/c1-4-17-13-11(12(13)14)9-7-8(15-2)5-6-10(9)16-3/h5-7H,4H2,1-3H3. The molecule has 0 heterocycles. The number of ether oxygens (including phenoxy) is 3. The van der Waals surface area contributed by atoms with Gasteiger partial charge in [0.1, 0.15) is 11.5 Å². The molecule has 0 N–H and O–H groups in total. The summed E-state index contributed by atoms with van der Waals surface area (Å²) in [6.07, 6.45) is 0. The van der Waals surface area contributed by atoms with Gasteiger partial charge in [-0.2, -0.15) is 0 Å². The number of hydrogen-bond donors (Lipinski definition) is 0. The highest BCUT2D eigenvalue weighted by Gasteiger charge is 2.28. The number of rotatable bonds is 5. The van der Waals surface area contributed by atoms with E-state index >= 15 is 0 Å². The Morgan fingerprint density at radius 2 is 1.94 bits per heavy atom. The van der Waals surface area contributed by atoms with Crippen LogP contribution in [0.15, 0.2) is 23.0 Å². The van der Waals surface area contributed by atoms with E-state index in [1.54, 1.807) is 32.4 Å². The molecule has 0 bridgehead atoms. The Kier molecular flexibility index (Phi) is 3.04. The zero-order valence-corrected chi connectivity index (χ0v) is 10.1. The molecule has 0 aliphatic rings. The van der Waals surface area contributed by atoms with Crippen LogP contribution in [0.25, 0.3) is 11.1 Å². The number of benzene rings is 1. The van der Waals surface area contributed by atoms with Crippen molar-refractivity contribution in [3.63, 3.8) is 0 Å². The quantitative estimate of drug-likeness (QED) is 0.793. The molecule has 0 unspecified atom stereocenters. The summed E-state index contributed by atoms with van der Waals surface area (Å²) in [4.78, 5) is 11.6. The summed E-state index contributed by atoms with van der Waals surface area (Å²) in [7, 11) is 3.15. The molecule has 0 aliphatic carbocycles. The predicted octanol–water partition coefficient (Wildman–Crippen LogP) is 2.01. The van der Waals surface area contributed by atoms with E-state index in [0.717, 1.165) is 5.56 Å². The van der Waals surface area contributed by atoms with Gasteiger partial charge in [-0.1, -0.05) is 0 Å². The third-order valence-corrected chi connectivity index (χ3v) is 2.56. The second kappa shape index (κ2) is 4.49. The van der Waals surface area contributed by atoms with Gasteiger partial charge >= 0.3 is 0 Å². The molecule has 0 spiro atoms. The van der Waals surface area contributed by atoms with E-state index in [1.807, 2.05) is 6.92 Å². The second-order valence-corrected chi connectivity index (χ2v) is 3.53. The van der Waals surface area contributed by atoms with Crippen molar-refractivity contribution >= 4 is 0 Å². The normalized spacial score (nSPS) is 10.5. The zero-order valence-electron chi connectivity index (χ0n) is 10.1. The van der Waals surface area contributed by atoms with Gasteiger partial charge in [-0.3, -0.25) is 4.79 Å². The van der Waals surface area contributed by atoms with Crippen LogP contribution in [0.3, 0.4) is 0 Å². The Bertz CT molecular complexity index is 535. The van der Waals surface area contributed by atoms with Crippen molar-refractivity contribution in [1.82, 2.24) is 0 Å². The molecular formula is C13H14O4. The minimum atomic E-state index is -0.0570. The number of methoxy groups -OCH3 is 2. The summed E-state index contributed by atoms with van der Waals surface area (Å²) in [5.74, 6) is 1.76. The lowest BCUT2D eigenvalue weighted by atomic mass is 10.1. The maximum Gasteiger partial charge on any atom is 0.232 e. The van der Waals surface area contributed by atoms with Crippen molar-refractivity contribution in [1.29, 1.82) is 0 Å². The first-order valence-electron chi connectivity index (χ1n) is 5.37. The largest absolute Gasteiger partial charge is 0.497 e. The Balaban J connectivity index is 2.42. The molecule has 0 atom stereocenters. The fourth-order valence-electron chi connectivity index (χ4n) is 1.69. The molecule has 17 heavy (non-hydrogen) atoms. The van der Waals surface area contributed by atoms with Crippen LogP contribution in [0.4, 0.5) is 0 Å². The number of hydrogen-bond acceptors (Lipinski definition) is 4. The molecule has 0 aliphatic heterocycles. The monoisotopic (exact) mass is 234 g/mol. The van der Waals surface area contributed by atoms with E-state index in [0.29, 0.717) is 29.4 Å². The van der Waals surface area contributed by atoms with E-state index in [4.69, 9.17) is 14.2 Å². The van der Waals surface area contributed by atoms with E-state index in [-0.39, 0.29) is 5.43 Å². The summed E-state index contributed by atoms with van der Waals surface area (Å²) in [6.45, 7) is 2.33. The third kappa shape index (κ3) is 1.98. The lowest BCUT2D eigenvalue weighted by Crippen LogP contribution is -1.89. The van der Waals surface area contributed by atoms with Crippen LogP contribution in [0, 0.1) is 0 Å². The van der Waals surface area contributed by atoms with Gasteiger partial charge in [0.05, 0.1) is 26.4 Å². The molecule has 2 aromatic rings. The highest BCUT2D eigenvalue weighted by atomic mass is 16.5. The Hall–Kier alpha value is -1.97. The van der Waals surface area contributed by atoms with Gasteiger partial charge in [0.15, 0.2) is 5.75 Å². The Morgan fingerprint density at radius 1 is 1.18 bits per heavy atom. The van der Waals surface area contributed by atoms with Gasteiger partial charge < -0.3 is 14.2 Å². The molecule has 2 rings (SSSR count). The predicted molar refractivity (Wildman–Crippen MR) is 64.8 cm³/mol. The van der Waals surface area contributed by atoms with Gasteiger partial charge in [0.25, 0.3) is 0 Å². The van der Waals surface area contributed by atoms with Gasteiger partial charge in [-0.05, 0) is 25.1 Å². The first kappa shape index (κ1) is 11.5. The topological polar surface area (TPSA) is 44.8 Å². The van der Waals surface area contributed by atoms with Crippen LogP contribution in [0.1, 0.15) is 6.92 Å². The van der Waals surface area contributed by atoms with Gasteiger partial charge in [0, 0.05) is 5.56 Å².